The zero-order chi connectivity index (χ0) is 27.1. The van der Waals surface area contributed by atoms with E-state index in [2.05, 4.69) is 109 Å². The van der Waals surface area contributed by atoms with Gasteiger partial charge in [0, 0.05) is 10.8 Å². The van der Waals surface area contributed by atoms with Crippen molar-refractivity contribution in [2.75, 3.05) is 0 Å². The lowest BCUT2D eigenvalue weighted by Crippen LogP contribution is -1.89. The summed E-state index contributed by atoms with van der Waals surface area (Å²) in [6.45, 7) is 0. The van der Waals surface area contributed by atoms with Crippen LogP contribution in [0, 0.1) is 11.3 Å². The van der Waals surface area contributed by atoms with Crippen LogP contribution in [0.4, 0.5) is 0 Å². The van der Waals surface area contributed by atoms with Crippen molar-refractivity contribution >= 4 is 65.0 Å². The van der Waals surface area contributed by atoms with E-state index < -0.39 is 0 Å². The van der Waals surface area contributed by atoms with E-state index in [1.54, 1.807) is 6.07 Å². The fourth-order valence-electron chi connectivity index (χ4n) is 6.68. The molecule has 9 aromatic rings. The van der Waals surface area contributed by atoms with E-state index in [0.717, 1.165) is 27.5 Å². The number of hydrogen-bond donors (Lipinski definition) is 0. The number of nitrogens with zero attached hydrogens (tertiary/aromatic N) is 1. The SMILES string of the molecule is N#Cc1ccc2oc3ccc(-c4ccc5ccc6c(-c7ccc8ccccc8c7)ccc7ccc4c5c76)cc3c2c1. The number of fused-ring (bicyclic) bond motifs is 4. The smallest absolute Gasteiger partial charge is 0.135 e. The number of nitriles is 1. The molecule has 9 rings (SSSR count). The van der Waals surface area contributed by atoms with Crippen LogP contribution in [-0.2, 0) is 0 Å². The van der Waals surface area contributed by atoms with Gasteiger partial charge >= 0.3 is 0 Å². The largest absolute Gasteiger partial charge is 0.456 e. The van der Waals surface area contributed by atoms with Crippen LogP contribution in [0.2, 0.25) is 0 Å². The van der Waals surface area contributed by atoms with E-state index in [1.165, 1.54) is 59.8 Å². The lowest BCUT2D eigenvalue weighted by atomic mass is 9.87. The van der Waals surface area contributed by atoms with Crippen molar-refractivity contribution in [3.8, 4) is 28.3 Å². The second-order valence-corrected chi connectivity index (χ2v) is 10.8. The minimum absolute atomic E-state index is 0.635. The highest BCUT2D eigenvalue weighted by atomic mass is 16.3. The average molecular weight is 520 g/mol. The summed E-state index contributed by atoms with van der Waals surface area (Å²) in [6, 6.07) is 47.6. The van der Waals surface area contributed by atoms with Crippen molar-refractivity contribution in [2.45, 2.75) is 0 Å². The van der Waals surface area contributed by atoms with Crippen LogP contribution in [0.25, 0.3) is 87.3 Å². The monoisotopic (exact) mass is 519 g/mol. The van der Waals surface area contributed by atoms with Crippen molar-refractivity contribution in [1.29, 1.82) is 5.26 Å². The maximum absolute atomic E-state index is 9.45. The van der Waals surface area contributed by atoms with Gasteiger partial charge in [0.2, 0.25) is 0 Å². The molecule has 0 unspecified atom stereocenters. The maximum atomic E-state index is 9.45. The summed E-state index contributed by atoms with van der Waals surface area (Å²) in [4.78, 5) is 0. The standard InChI is InChI=1S/C39H21NO/c40-22-23-5-17-36-34(19-23)35-21-29(12-18-37(35)41-36)31-14-9-26-10-15-32-30(13-8-25-11-16-33(31)39(26)38(25)32)28-7-6-24-3-1-2-4-27(24)20-28/h1-21H. The van der Waals surface area contributed by atoms with Crippen LogP contribution in [0.15, 0.2) is 132 Å². The molecule has 0 aliphatic rings. The van der Waals surface area contributed by atoms with E-state index in [0.29, 0.717) is 5.56 Å². The molecular weight excluding hydrogens is 498 g/mol. The minimum Gasteiger partial charge on any atom is -0.456 e. The highest BCUT2D eigenvalue weighted by molar-refractivity contribution is 6.27. The van der Waals surface area contributed by atoms with Crippen molar-refractivity contribution in [3.05, 3.63) is 133 Å². The van der Waals surface area contributed by atoms with Gasteiger partial charge in [-0.1, -0.05) is 91.0 Å². The van der Waals surface area contributed by atoms with Gasteiger partial charge in [-0.15, -0.1) is 0 Å². The number of benzene rings is 8. The van der Waals surface area contributed by atoms with E-state index in [-0.39, 0.29) is 0 Å². The Morgan fingerprint density at radius 3 is 1.71 bits per heavy atom. The highest BCUT2D eigenvalue weighted by Crippen LogP contribution is 2.43. The molecule has 0 saturated carbocycles. The van der Waals surface area contributed by atoms with Crippen LogP contribution in [0.5, 0.6) is 0 Å². The molecule has 8 aromatic carbocycles. The molecule has 1 aromatic heterocycles. The highest BCUT2D eigenvalue weighted by Gasteiger charge is 2.16. The predicted molar refractivity (Wildman–Crippen MR) is 171 cm³/mol. The maximum Gasteiger partial charge on any atom is 0.135 e. The minimum atomic E-state index is 0.635. The summed E-state index contributed by atoms with van der Waals surface area (Å²) in [5.74, 6) is 0. The molecule has 0 radical (unpaired) electrons. The third-order valence-electron chi connectivity index (χ3n) is 8.63. The van der Waals surface area contributed by atoms with E-state index in [1.807, 2.05) is 18.2 Å². The fourth-order valence-corrected chi connectivity index (χ4v) is 6.68. The van der Waals surface area contributed by atoms with Crippen LogP contribution in [0.1, 0.15) is 5.56 Å². The number of furan rings is 1. The molecular formula is C39H21NO. The van der Waals surface area contributed by atoms with Gasteiger partial charge in [-0.2, -0.15) is 5.26 Å². The summed E-state index contributed by atoms with van der Waals surface area (Å²) in [7, 11) is 0. The van der Waals surface area contributed by atoms with Gasteiger partial charge < -0.3 is 4.42 Å². The predicted octanol–water partition coefficient (Wildman–Crippen LogP) is 10.8. The molecule has 2 nitrogen and oxygen atoms in total. The van der Waals surface area contributed by atoms with Crippen LogP contribution >= 0.6 is 0 Å². The van der Waals surface area contributed by atoms with Crippen LogP contribution < -0.4 is 0 Å². The molecule has 188 valence electrons. The van der Waals surface area contributed by atoms with Gasteiger partial charge in [0.15, 0.2) is 0 Å². The van der Waals surface area contributed by atoms with E-state index >= 15 is 0 Å². The Kier molecular flexibility index (Phi) is 4.43. The fraction of sp³-hybridized carbons (Fsp3) is 0. The third-order valence-corrected chi connectivity index (χ3v) is 8.63. The molecule has 0 atom stereocenters. The van der Waals surface area contributed by atoms with Crippen molar-refractivity contribution in [3.63, 3.8) is 0 Å². The number of rotatable bonds is 2. The molecule has 0 amide bonds. The molecule has 0 aliphatic carbocycles. The van der Waals surface area contributed by atoms with Crippen molar-refractivity contribution in [1.82, 2.24) is 0 Å². The quantitative estimate of drug-likeness (QED) is 0.213. The molecule has 0 fully saturated rings. The molecule has 0 aliphatic heterocycles. The summed E-state index contributed by atoms with van der Waals surface area (Å²) < 4.78 is 6.10. The molecule has 1 heterocycles. The van der Waals surface area contributed by atoms with Crippen molar-refractivity contribution < 1.29 is 4.42 Å². The molecule has 0 saturated heterocycles. The van der Waals surface area contributed by atoms with Gasteiger partial charge in [-0.3, -0.25) is 0 Å². The second kappa shape index (κ2) is 8.18. The summed E-state index contributed by atoms with van der Waals surface area (Å²) >= 11 is 0. The van der Waals surface area contributed by atoms with Gasteiger partial charge in [0.25, 0.3) is 0 Å². The summed E-state index contributed by atoms with van der Waals surface area (Å²) in [5, 5.41) is 21.6. The average Bonchev–Trinajstić information content (AvgIpc) is 3.40. The summed E-state index contributed by atoms with van der Waals surface area (Å²) in [5.41, 5.74) is 7.07. The van der Waals surface area contributed by atoms with Gasteiger partial charge in [-0.25, -0.2) is 0 Å². The normalized spacial score (nSPS) is 11.9. The van der Waals surface area contributed by atoms with Gasteiger partial charge in [0.1, 0.15) is 11.2 Å². The Hall–Kier alpha value is -5.65. The molecule has 0 N–H and O–H groups in total. The Balaban J connectivity index is 1.30. The first-order valence-corrected chi connectivity index (χ1v) is 13.8. The molecule has 2 heteroatoms. The molecule has 0 spiro atoms. The molecule has 0 bridgehead atoms. The Morgan fingerprint density at radius 1 is 0.439 bits per heavy atom. The Labute approximate surface area is 235 Å². The first kappa shape index (κ1) is 22.2. The third kappa shape index (κ3) is 3.18. The molecule has 41 heavy (non-hydrogen) atoms. The number of hydrogen-bond acceptors (Lipinski definition) is 2. The Morgan fingerprint density at radius 2 is 1.00 bits per heavy atom. The van der Waals surface area contributed by atoms with Gasteiger partial charge in [-0.05, 0) is 102 Å². The zero-order valence-corrected chi connectivity index (χ0v) is 22.0. The topological polar surface area (TPSA) is 36.9 Å². The lowest BCUT2D eigenvalue weighted by molar-refractivity contribution is 0.669. The first-order chi connectivity index (χ1) is 20.2. The van der Waals surface area contributed by atoms with Crippen molar-refractivity contribution in [2.24, 2.45) is 0 Å². The first-order valence-electron chi connectivity index (χ1n) is 13.8. The van der Waals surface area contributed by atoms with Gasteiger partial charge in [0.05, 0.1) is 11.6 Å². The second-order valence-electron chi connectivity index (χ2n) is 10.8. The van der Waals surface area contributed by atoms with Crippen LogP contribution in [-0.4, -0.2) is 0 Å². The van der Waals surface area contributed by atoms with E-state index in [9.17, 15) is 5.26 Å². The Bertz CT molecular complexity index is 2540. The zero-order valence-electron chi connectivity index (χ0n) is 22.0. The lowest BCUT2D eigenvalue weighted by Gasteiger charge is -2.17. The van der Waals surface area contributed by atoms with E-state index in [4.69, 9.17) is 4.42 Å². The summed E-state index contributed by atoms with van der Waals surface area (Å²) in [6.07, 6.45) is 0. The van der Waals surface area contributed by atoms with Crippen LogP contribution in [0.3, 0.4) is 0 Å².